The molecular weight excluding hydrogens is 208 g/mol. The van der Waals surface area contributed by atoms with Gasteiger partial charge in [0.15, 0.2) is 5.11 Å². The van der Waals surface area contributed by atoms with E-state index in [9.17, 15) is 4.79 Å². The number of amides is 1. The number of aryl methyl sites for hydroxylation is 1. The minimum atomic E-state index is -0.330. The average Bonchev–Trinajstić information content (AvgIpc) is 2.58. The van der Waals surface area contributed by atoms with E-state index < -0.39 is 0 Å². The summed E-state index contributed by atoms with van der Waals surface area (Å²) in [6, 6.07) is 7.65. The minimum Gasteiger partial charge on any atom is -0.347 e. The molecule has 1 fully saturated rings. The van der Waals surface area contributed by atoms with Crippen LogP contribution in [0, 0.1) is 0 Å². The first-order valence-corrected chi connectivity index (χ1v) is 5.31. The van der Waals surface area contributed by atoms with Crippen LogP contribution in [-0.4, -0.2) is 11.0 Å². The van der Waals surface area contributed by atoms with E-state index >= 15 is 0 Å². The summed E-state index contributed by atoms with van der Waals surface area (Å²) < 4.78 is 0. The van der Waals surface area contributed by atoms with E-state index in [0.717, 1.165) is 12.0 Å². The molecule has 1 amide bonds. The number of carbonyl (C=O) groups excluding carboxylic acids is 1. The molecule has 1 aliphatic rings. The lowest BCUT2D eigenvalue weighted by Gasteiger charge is -2.09. The van der Waals surface area contributed by atoms with Crippen LogP contribution in [0.4, 0.5) is 0 Å². The molecule has 0 spiro atoms. The molecular formula is C11H12N2OS. The van der Waals surface area contributed by atoms with E-state index in [1.165, 1.54) is 5.56 Å². The van der Waals surface area contributed by atoms with E-state index in [-0.39, 0.29) is 11.9 Å². The first kappa shape index (κ1) is 10.1. The highest BCUT2D eigenvalue weighted by atomic mass is 32.1. The van der Waals surface area contributed by atoms with Crippen LogP contribution in [-0.2, 0) is 11.2 Å². The molecule has 78 valence electrons. The molecule has 2 N–H and O–H groups in total. The second-order valence-corrected chi connectivity index (χ2v) is 3.90. The van der Waals surface area contributed by atoms with Crippen molar-refractivity contribution in [2.24, 2.45) is 0 Å². The number of rotatable bonds is 2. The number of hydrogen-bond donors (Lipinski definition) is 2. The zero-order valence-electron chi connectivity index (χ0n) is 8.41. The summed E-state index contributed by atoms with van der Waals surface area (Å²) in [5, 5.41) is 5.94. The van der Waals surface area contributed by atoms with E-state index in [1.54, 1.807) is 0 Å². The number of benzene rings is 1. The van der Waals surface area contributed by atoms with Gasteiger partial charge < -0.3 is 10.6 Å². The molecule has 15 heavy (non-hydrogen) atoms. The number of hydrogen-bond acceptors (Lipinski definition) is 2. The van der Waals surface area contributed by atoms with E-state index in [4.69, 9.17) is 12.2 Å². The molecule has 1 atom stereocenters. The maximum atomic E-state index is 11.5. The Hall–Kier alpha value is -1.42. The normalized spacial score (nSPS) is 19.9. The largest absolute Gasteiger partial charge is 0.347 e. The lowest BCUT2D eigenvalue weighted by Crippen LogP contribution is -2.21. The van der Waals surface area contributed by atoms with Crippen molar-refractivity contribution in [2.45, 2.75) is 19.4 Å². The van der Waals surface area contributed by atoms with Crippen molar-refractivity contribution in [3.63, 3.8) is 0 Å². The van der Waals surface area contributed by atoms with Gasteiger partial charge in [0.2, 0.25) is 0 Å². The average molecular weight is 220 g/mol. The highest BCUT2D eigenvalue weighted by Gasteiger charge is 2.28. The van der Waals surface area contributed by atoms with Gasteiger partial charge in [0.1, 0.15) is 6.04 Å². The Morgan fingerprint density at radius 1 is 1.47 bits per heavy atom. The Labute approximate surface area is 93.9 Å². The van der Waals surface area contributed by atoms with Gasteiger partial charge >= 0.3 is 0 Å². The third-order valence-corrected chi connectivity index (χ3v) is 2.69. The number of nitrogens with one attached hydrogen (secondary N) is 2. The van der Waals surface area contributed by atoms with Crippen LogP contribution in [0.3, 0.4) is 0 Å². The molecule has 0 radical (unpaired) electrons. The Balaban J connectivity index is 2.29. The molecule has 1 aromatic carbocycles. The third kappa shape index (κ3) is 1.99. The quantitative estimate of drug-likeness (QED) is 0.738. The lowest BCUT2D eigenvalue weighted by atomic mass is 10.0. The molecule has 1 aliphatic heterocycles. The van der Waals surface area contributed by atoms with Crippen molar-refractivity contribution < 1.29 is 4.79 Å². The van der Waals surface area contributed by atoms with Crippen molar-refractivity contribution in [1.29, 1.82) is 0 Å². The molecule has 1 saturated heterocycles. The molecule has 1 aromatic rings. The zero-order valence-corrected chi connectivity index (χ0v) is 9.23. The summed E-state index contributed by atoms with van der Waals surface area (Å²) in [5.41, 5.74) is 2.19. The summed E-state index contributed by atoms with van der Waals surface area (Å²) >= 11 is 4.89. The summed E-state index contributed by atoms with van der Waals surface area (Å²) in [6.07, 6.45) is 0.965. The van der Waals surface area contributed by atoms with Crippen LogP contribution < -0.4 is 10.6 Å². The lowest BCUT2D eigenvalue weighted by molar-refractivity contribution is -0.120. The third-order valence-electron chi connectivity index (χ3n) is 2.47. The fourth-order valence-corrected chi connectivity index (χ4v) is 1.86. The minimum absolute atomic E-state index is 0.0757. The van der Waals surface area contributed by atoms with Crippen LogP contribution in [0.5, 0.6) is 0 Å². The fourth-order valence-electron chi connectivity index (χ4n) is 1.64. The molecule has 0 aromatic heterocycles. The van der Waals surface area contributed by atoms with Gasteiger partial charge in [0.05, 0.1) is 0 Å². The van der Waals surface area contributed by atoms with Crippen molar-refractivity contribution in [3.05, 3.63) is 35.4 Å². The van der Waals surface area contributed by atoms with Crippen molar-refractivity contribution >= 4 is 23.2 Å². The highest BCUT2D eigenvalue weighted by Crippen LogP contribution is 2.18. The topological polar surface area (TPSA) is 41.1 Å². The molecule has 4 heteroatoms. The van der Waals surface area contributed by atoms with Crippen molar-refractivity contribution in [1.82, 2.24) is 10.6 Å². The molecule has 2 rings (SSSR count). The van der Waals surface area contributed by atoms with E-state index in [2.05, 4.69) is 23.6 Å². The number of thiocarbonyl (C=S) groups is 1. The zero-order chi connectivity index (χ0) is 10.8. The van der Waals surface area contributed by atoms with Crippen LogP contribution in [0.25, 0.3) is 0 Å². The Kier molecular flexibility index (Phi) is 2.68. The standard InChI is InChI=1S/C11H12N2OS/c1-2-7-4-3-5-8(6-7)9-10(14)13-11(15)12-9/h3-6,9H,2H2,1H3,(H2,12,13,14,15). The molecule has 1 unspecified atom stereocenters. The van der Waals surface area contributed by atoms with Crippen molar-refractivity contribution in [3.8, 4) is 0 Å². The molecule has 0 aliphatic carbocycles. The molecule has 1 heterocycles. The predicted molar refractivity (Wildman–Crippen MR) is 62.4 cm³/mol. The van der Waals surface area contributed by atoms with Gasteiger partial charge in [-0.25, -0.2) is 0 Å². The predicted octanol–water partition coefficient (Wildman–Crippen LogP) is 1.29. The van der Waals surface area contributed by atoms with Crippen LogP contribution in [0.2, 0.25) is 0 Å². The maximum Gasteiger partial charge on any atom is 0.253 e. The summed E-state index contributed by atoms with van der Waals surface area (Å²) in [6.45, 7) is 2.09. The van der Waals surface area contributed by atoms with Gasteiger partial charge in [0.25, 0.3) is 5.91 Å². The van der Waals surface area contributed by atoms with Crippen LogP contribution in [0.1, 0.15) is 24.1 Å². The van der Waals surface area contributed by atoms with Crippen LogP contribution >= 0.6 is 12.2 Å². The first-order chi connectivity index (χ1) is 7.20. The number of carbonyl (C=O) groups is 1. The summed E-state index contributed by atoms with van der Waals surface area (Å²) in [5.74, 6) is -0.0757. The van der Waals surface area contributed by atoms with Gasteiger partial charge in [-0.05, 0) is 29.8 Å². The molecule has 3 nitrogen and oxygen atoms in total. The van der Waals surface area contributed by atoms with Gasteiger partial charge in [-0.2, -0.15) is 0 Å². The van der Waals surface area contributed by atoms with Gasteiger partial charge in [-0.15, -0.1) is 0 Å². The second-order valence-electron chi connectivity index (χ2n) is 3.49. The first-order valence-electron chi connectivity index (χ1n) is 4.91. The van der Waals surface area contributed by atoms with E-state index in [0.29, 0.717) is 5.11 Å². The molecule has 0 saturated carbocycles. The Morgan fingerprint density at radius 3 is 2.87 bits per heavy atom. The van der Waals surface area contributed by atoms with Gasteiger partial charge in [-0.3, -0.25) is 4.79 Å². The van der Waals surface area contributed by atoms with Crippen molar-refractivity contribution in [2.75, 3.05) is 0 Å². The molecule has 0 bridgehead atoms. The maximum absolute atomic E-state index is 11.5. The van der Waals surface area contributed by atoms with Gasteiger partial charge in [0, 0.05) is 0 Å². The monoisotopic (exact) mass is 220 g/mol. The Morgan fingerprint density at radius 2 is 2.27 bits per heavy atom. The smallest absolute Gasteiger partial charge is 0.253 e. The summed E-state index contributed by atoms with van der Waals surface area (Å²) in [7, 11) is 0. The van der Waals surface area contributed by atoms with Gasteiger partial charge in [-0.1, -0.05) is 31.2 Å². The SMILES string of the molecule is CCc1cccc(C2NC(=S)NC2=O)c1. The second kappa shape index (κ2) is 3.98. The van der Waals surface area contributed by atoms with E-state index in [1.807, 2.05) is 18.2 Å². The summed E-state index contributed by atoms with van der Waals surface area (Å²) in [4.78, 5) is 11.5. The van der Waals surface area contributed by atoms with Crippen LogP contribution in [0.15, 0.2) is 24.3 Å². The highest BCUT2D eigenvalue weighted by molar-refractivity contribution is 7.80. The fraction of sp³-hybridized carbons (Fsp3) is 0.273. The Bertz CT molecular complexity index is 417.